The van der Waals surface area contributed by atoms with E-state index in [4.69, 9.17) is 18.6 Å². The van der Waals surface area contributed by atoms with E-state index in [-0.39, 0.29) is 17.1 Å². The summed E-state index contributed by atoms with van der Waals surface area (Å²) in [5.41, 5.74) is 1.69. The van der Waals surface area contributed by atoms with Crippen molar-refractivity contribution in [3.63, 3.8) is 0 Å². The van der Waals surface area contributed by atoms with Crippen LogP contribution in [0.15, 0.2) is 64.3 Å². The van der Waals surface area contributed by atoms with Crippen LogP contribution in [0.25, 0.3) is 0 Å². The van der Waals surface area contributed by atoms with E-state index in [2.05, 4.69) is 5.10 Å². The minimum absolute atomic E-state index is 0.0770. The van der Waals surface area contributed by atoms with Crippen LogP contribution >= 0.6 is 0 Å². The first kappa shape index (κ1) is 24.5. The van der Waals surface area contributed by atoms with Crippen LogP contribution in [0, 0.1) is 17.0 Å². The summed E-state index contributed by atoms with van der Waals surface area (Å²) < 4.78 is 20.9. The molecule has 0 bridgehead atoms. The highest BCUT2D eigenvalue weighted by Crippen LogP contribution is 2.35. The SMILES string of the molecule is COc1cc(C(=O)OCC(=O)N2N=C(c3ccc(C)cc3)CC2c2ccco2)c([N+](=O)[O-])cc1OC. The molecule has 2 aromatic carbocycles. The summed E-state index contributed by atoms with van der Waals surface area (Å²) in [6, 6.07) is 12.8. The Morgan fingerprint density at radius 3 is 2.44 bits per heavy atom. The lowest BCUT2D eigenvalue weighted by Gasteiger charge is -2.19. The molecule has 1 unspecified atom stereocenters. The fourth-order valence-corrected chi connectivity index (χ4v) is 3.82. The summed E-state index contributed by atoms with van der Waals surface area (Å²) in [7, 11) is 2.64. The first-order chi connectivity index (χ1) is 17.3. The molecule has 0 saturated carbocycles. The predicted octanol–water partition coefficient (Wildman–Crippen LogP) is 4.05. The molecule has 0 saturated heterocycles. The van der Waals surface area contributed by atoms with Gasteiger partial charge >= 0.3 is 5.97 Å². The number of rotatable bonds is 8. The quantitative estimate of drug-likeness (QED) is 0.261. The second-order valence-electron chi connectivity index (χ2n) is 7.94. The largest absolute Gasteiger partial charge is 0.493 e. The first-order valence-corrected chi connectivity index (χ1v) is 10.9. The highest BCUT2D eigenvalue weighted by molar-refractivity contribution is 6.03. The van der Waals surface area contributed by atoms with E-state index in [9.17, 15) is 19.7 Å². The number of hydrazone groups is 1. The van der Waals surface area contributed by atoms with E-state index >= 15 is 0 Å². The number of furan rings is 1. The van der Waals surface area contributed by atoms with Crippen LogP contribution in [0.1, 0.15) is 39.7 Å². The molecule has 3 aromatic rings. The van der Waals surface area contributed by atoms with Crippen LogP contribution in [0.4, 0.5) is 5.69 Å². The number of benzene rings is 2. The van der Waals surface area contributed by atoms with Crippen molar-refractivity contribution in [1.82, 2.24) is 5.01 Å². The predicted molar refractivity (Wildman–Crippen MR) is 127 cm³/mol. The number of hydrogen-bond donors (Lipinski definition) is 0. The Morgan fingerprint density at radius 1 is 1.14 bits per heavy atom. The molecule has 11 nitrogen and oxygen atoms in total. The Bertz CT molecular complexity index is 1320. The van der Waals surface area contributed by atoms with E-state index in [1.807, 2.05) is 31.2 Å². The molecule has 1 aliphatic heterocycles. The van der Waals surface area contributed by atoms with Crippen LogP contribution in [0.2, 0.25) is 0 Å². The van der Waals surface area contributed by atoms with Gasteiger partial charge in [-0.1, -0.05) is 29.8 Å². The van der Waals surface area contributed by atoms with Crippen LogP contribution in [0.3, 0.4) is 0 Å². The molecule has 1 amide bonds. The van der Waals surface area contributed by atoms with Crippen LogP contribution < -0.4 is 9.47 Å². The molecule has 0 spiro atoms. The van der Waals surface area contributed by atoms with Crippen molar-refractivity contribution >= 4 is 23.3 Å². The molecule has 186 valence electrons. The molecule has 1 aromatic heterocycles. The van der Waals surface area contributed by atoms with Crippen molar-refractivity contribution in [3.8, 4) is 11.5 Å². The van der Waals surface area contributed by atoms with Gasteiger partial charge in [-0.3, -0.25) is 14.9 Å². The second-order valence-corrected chi connectivity index (χ2v) is 7.94. The number of nitro benzene ring substituents is 1. The van der Waals surface area contributed by atoms with Gasteiger partial charge in [-0.15, -0.1) is 0 Å². The maximum absolute atomic E-state index is 13.1. The molecule has 2 heterocycles. The number of carbonyl (C=O) groups is 2. The fourth-order valence-electron chi connectivity index (χ4n) is 3.82. The van der Waals surface area contributed by atoms with Gasteiger partial charge in [0.1, 0.15) is 17.4 Å². The zero-order chi connectivity index (χ0) is 25.8. The van der Waals surface area contributed by atoms with Gasteiger partial charge < -0.3 is 18.6 Å². The van der Waals surface area contributed by atoms with Gasteiger partial charge in [0, 0.05) is 12.5 Å². The lowest BCUT2D eigenvalue weighted by Crippen LogP contribution is -2.31. The van der Waals surface area contributed by atoms with Crippen molar-refractivity contribution in [2.24, 2.45) is 5.10 Å². The summed E-state index contributed by atoms with van der Waals surface area (Å²) in [6.45, 7) is 1.28. The zero-order valence-electron chi connectivity index (χ0n) is 19.8. The zero-order valence-corrected chi connectivity index (χ0v) is 19.8. The third kappa shape index (κ3) is 4.90. The molecule has 0 fully saturated rings. The average molecular weight is 493 g/mol. The smallest absolute Gasteiger partial charge is 0.345 e. The van der Waals surface area contributed by atoms with Gasteiger partial charge in [-0.2, -0.15) is 5.10 Å². The molecular formula is C25H23N3O8. The number of amides is 1. The number of carbonyl (C=O) groups excluding carboxylic acids is 2. The molecule has 0 aliphatic carbocycles. The van der Waals surface area contributed by atoms with Gasteiger partial charge in [0.2, 0.25) is 0 Å². The Hall–Kier alpha value is -4.67. The Balaban J connectivity index is 1.56. The van der Waals surface area contributed by atoms with Crippen molar-refractivity contribution < 1.29 is 33.1 Å². The monoisotopic (exact) mass is 493 g/mol. The van der Waals surface area contributed by atoms with Gasteiger partial charge in [0.25, 0.3) is 11.6 Å². The Kier molecular flexibility index (Phi) is 7.00. The number of methoxy groups -OCH3 is 2. The molecule has 36 heavy (non-hydrogen) atoms. The molecule has 0 N–H and O–H groups in total. The lowest BCUT2D eigenvalue weighted by atomic mass is 10.0. The fraction of sp³-hybridized carbons (Fsp3) is 0.240. The van der Waals surface area contributed by atoms with Gasteiger partial charge in [0.15, 0.2) is 18.1 Å². The van der Waals surface area contributed by atoms with E-state index in [0.29, 0.717) is 17.9 Å². The van der Waals surface area contributed by atoms with E-state index < -0.39 is 35.1 Å². The summed E-state index contributed by atoms with van der Waals surface area (Å²) in [5, 5.41) is 17.2. The molecule has 4 rings (SSSR count). The normalized spacial score (nSPS) is 14.8. The molecule has 1 aliphatic rings. The van der Waals surface area contributed by atoms with E-state index in [0.717, 1.165) is 23.3 Å². The standard InChI is InChI=1S/C25H23N3O8/c1-15-6-8-16(9-7-15)18-12-20(21-5-4-10-35-21)27(26-18)24(29)14-36-25(30)17-11-22(33-2)23(34-3)13-19(17)28(31)32/h4-11,13,20H,12,14H2,1-3H3. The van der Waals surface area contributed by atoms with Gasteiger partial charge in [-0.05, 0) is 24.6 Å². The van der Waals surface area contributed by atoms with Crippen molar-refractivity contribution in [1.29, 1.82) is 0 Å². The highest BCUT2D eigenvalue weighted by atomic mass is 16.6. The Morgan fingerprint density at radius 2 is 1.83 bits per heavy atom. The highest BCUT2D eigenvalue weighted by Gasteiger charge is 2.35. The molecular weight excluding hydrogens is 470 g/mol. The van der Waals surface area contributed by atoms with Crippen molar-refractivity contribution in [2.75, 3.05) is 20.8 Å². The second kappa shape index (κ2) is 10.3. The first-order valence-electron chi connectivity index (χ1n) is 10.9. The summed E-state index contributed by atoms with van der Waals surface area (Å²) >= 11 is 0. The number of nitro groups is 1. The maximum Gasteiger partial charge on any atom is 0.345 e. The summed E-state index contributed by atoms with van der Waals surface area (Å²) in [6.07, 6.45) is 1.90. The van der Waals surface area contributed by atoms with Gasteiger partial charge in [-0.25, -0.2) is 9.80 Å². The molecule has 11 heteroatoms. The van der Waals surface area contributed by atoms with Crippen molar-refractivity contribution in [3.05, 3.63) is 87.4 Å². The van der Waals surface area contributed by atoms with Crippen molar-refractivity contribution in [2.45, 2.75) is 19.4 Å². The topological polar surface area (TPSA) is 134 Å². The lowest BCUT2D eigenvalue weighted by molar-refractivity contribution is -0.385. The summed E-state index contributed by atoms with van der Waals surface area (Å²) in [4.78, 5) is 36.6. The molecule has 1 atom stereocenters. The number of esters is 1. The number of hydrogen-bond acceptors (Lipinski definition) is 9. The average Bonchev–Trinajstić information content (AvgIpc) is 3.57. The number of aryl methyl sites for hydroxylation is 1. The Labute approximate surface area is 206 Å². The number of nitrogens with zero attached hydrogens (tertiary/aromatic N) is 3. The van der Waals surface area contributed by atoms with Crippen LogP contribution in [-0.4, -0.2) is 48.3 Å². The minimum atomic E-state index is -1.06. The third-order valence-corrected chi connectivity index (χ3v) is 5.67. The number of ether oxygens (including phenoxy) is 3. The molecule has 0 radical (unpaired) electrons. The third-order valence-electron chi connectivity index (χ3n) is 5.67. The van der Waals surface area contributed by atoms with Crippen LogP contribution in [0.5, 0.6) is 11.5 Å². The van der Waals surface area contributed by atoms with E-state index in [1.165, 1.54) is 25.5 Å². The van der Waals surface area contributed by atoms with Crippen LogP contribution in [-0.2, 0) is 9.53 Å². The van der Waals surface area contributed by atoms with E-state index in [1.54, 1.807) is 12.1 Å². The maximum atomic E-state index is 13.1. The van der Waals surface area contributed by atoms with Gasteiger partial charge in [0.05, 0.1) is 37.2 Å². The minimum Gasteiger partial charge on any atom is -0.493 e. The summed E-state index contributed by atoms with van der Waals surface area (Å²) in [5.74, 6) is -0.974.